The van der Waals surface area contributed by atoms with Gasteiger partial charge in [0.25, 0.3) is 0 Å². The molecule has 1 unspecified atom stereocenters. The molecule has 0 aromatic carbocycles. The minimum absolute atomic E-state index is 0.475. The van der Waals surface area contributed by atoms with Gasteiger partial charge in [-0.2, -0.15) is 11.8 Å². The van der Waals surface area contributed by atoms with Gasteiger partial charge in [-0.1, -0.05) is 39.0 Å². The normalized spacial score (nSPS) is 26.3. The summed E-state index contributed by atoms with van der Waals surface area (Å²) in [6.07, 6.45) is 16.3. The van der Waals surface area contributed by atoms with Crippen molar-refractivity contribution >= 4 is 11.8 Å². The van der Waals surface area contributed by atoms with Gasteiger partial charge < -0.3 is 5.32 Å². The highest BCUT2D eigenvalue weighted by Gasteiger charge is 2.38. The molecule has 1 atom stereocenters. The number of hydrogen-bond acceptors (Lipinski definition) is 3. The Kier molecular flexibility index (Phi) is 7.90. The van der Waals surface area contributed by atoms with Crippen molar-refractivity contribution in [3.05, 3.63) is 0 Å². The molecule has 0 aromatic rings. The molecule has 1 aliphatic heterocycles. The largest absolute Gasteiger partial charge is 0.308 e. The SMILES string of the molecule is CCC1CNC2(CCCCC2)CN1CCCCCCSC. The smallest absolute Gasteiger partial charge is 0.0309 e. The third kappa shape index (κ3) is 5.44. The zero-order chi connectivity index (χ0) is 15.0. The Morgan fingerprint density at radius 1 is 1.10 bits per heavy atom. The number of thioether (sulfide) groups is 1. The second-order valence-corrected chi connectivity index (χ2v) is 8.15. The maximum Gasteiger partial charge on any atom is 0.0309 e. The van der Waals surface area contributed by atoms with E-state index in [9.17, 15) is 0 Å². The zero-order valence-corrected chi connectivity index (χ0v) is 15.1. The summed E-state index contributed by atoms with van der Waals surface area (Å²) in [5.74, 6) is 1.34. The Balaban J connectivity index is 1.74. The first-order valence-corrected chi connectivity index (χ1v) is 10.7. The molecule has 1 aliphatic carbocycles. The van der Waals surface area contributed by atoms with Crippen molar-refractivity contribution in [1.29, 1.82) is 0 Å². The molecule has 0 amide bonds. The molecule has 0 aromatic heterocycles. The van der Waals surface area contributed by atoms with Crippen molar-refractivity contribution in [3.63, 3.8) is 0 Å². The van der Waals surface area contributed by atoms with Gasteiger partial charge in [0.15, 0.2) is 0 Å². The van der Waals surface area contributed by atoms with E-state index in [0.717, 1.165) is 6.04 Å². The van der Waals surface area contributed by atoms with Crippen LogP contribution in [0.25, 0.3) is 0 Å². The first-order valence-electron chi connectivity index (χ1n) is 9.28. The molecule has 1 saturated carbocycles. The monoisotopic (exact) mass is 312 g/mol. The van der Waals surface area contributed by atoms with E-state index in [-0.39, 0.29) is 0 Å². The highest BCUT2D eigenvalue weighted by molar-refractivity contribution is 7.98. The molecular formula is C18H36N2S. The van der Waals surface area contributed by atoms with Crippen LogP contribution in [0.2, 0.25) is 0 Å². The maximum absolute atomic E-state index is 3.94. The first kappa shape index (κ1) is 17.6. The lowest BCUT2D eigenvalue weighted by Crippen LogP contribution is -2.64. The van der Waals surface area contributed by atoms with Gasteiger partial charge in [0.2, 0.25) is 0 Å². The molecule has 1 saturated heterocycles. The third-order valence-corrected chi connectivity index (χ3v) is 6.26. The third-order valence-electron chi connectivity index (χ3n) is 5.56. The quantitative estimate of drug-likeness (QED) is 0.673. The molecule has 2 fully saturated rings. The Hall–Kier alpha value is 0.270. The lowest BCUT2D eigenvalue weighted by Gasteiger charge is -2.49. The molecule has 0 bridgehead atoms. The van der Waals surface area contributed by atoms with E-state index in [1.807, 2.05) is 11.8 Å². The summed E-state index contributed by atoms with van der Waals surface area (Å²) < 4.78 is 0. The van der Waals surface area contributed by atoms with Gasteiger partial charge in [0.1, 0.15) is 0 Å². The average Bonchev–Trinajstić information content (AvgIpc) is 2.52. The highest BCUT2D eigenvalue weighted by Crippen LogP contribution is 2.32. The lowest BCUT2D eigenvalue weighted by molar-refractivity contribution is 0.0528. The average molecular weight is 313 g/mol. The Morgan fingerprint density at radius 3 is 2.57 bits per heavy atom. The first-order chi connectivity index (χ1) is 10.3. The van der Waals surface area contributed by atoms with E-state index in [2.05, 4.69) is 23.4 Å². The van der Waals surface area contributed by atoms with Crippen molar-refractivity contribution in [2.75, 3.05) is 31.6 Å². The maximum atomic E-state index is 3.94. The van der Waals surface area contributed by atoms with E-state index in [1.165, 1.54) is 89.6 Å². The van der Waals surface area contributed by atoms with Gasteiger partial charge in [-0.3, -0.25) is 4.90 Å². The van der Waals surface area contributed by atoms with Crippen LogP contribution in [-0.2, 0) is 0 Å². The summed E-state index contributed by atoms with van der Waals surface area (Å²) in [6.45, 7) is 6.23. The summed E-state index contributed by atoms with van der Waals surface area (Å²) in [4.78, 5) is 2.83. The Bertz CT molecular complexity index is 276. The van der Waals surface area contributed by atoms with Gasteiger partial charge in [-0.05, 0) is 50.7 Å². The van der Waals surface area contributed by atoms with Crippen LogP contribution in [0, 0.1) is 0 Å². The fourth-order valence-corrected chi connectivity index (χ4v) is 4.67. The van der Waals surface area contributed by atoms with Gasteiger partial charge in [0.05, 0.1) is 0 Å². The lowest BCUT2D eigenvalue weighted by atomic mass is 9.79. The number of rotatable bonds is 8. The van der Waals surface area contributed by atoms with Crippen LogP contribution >= 0.6 is 11.8 Å². The van der Waals surface area contributed by atoms with Gasteiger partial charge in [-0.25, -0.2) is 0 Å². The van der Waals surface area contributed by atoms with Crippen LogP contribution in [0.1, 0.15) is 71.1 Å². The fraction of sp³-hybridized carbons (Fsp3) is 1.00. The predicted octanol–water partition coefficient (Wildman–Crippen LogP) is 4.30. The number of nitrogens with zero attached hydrogens (tertiary/aromatic N) is 1. The summed E-state index contributed by atoms with van der Waals surface area (Å²) in [5.41, 5.74) is 0.475. The Morgan fingerprint density at radius 2 is 1.86 bits per heavy atom. The molecule has 1 N–H and O–H groups in total. The molecule has 21 heavy (non-hydrogen) atoms. The molecule has 3 heteroatoms. The minimum Gasteiger partial charge on any atom is -0.308 e. The zero-order valence-electron chi connectivity index (χ0n) is 14.3. The van der Waals surface area contributed by atoms with Crippen LogP contribution in [-0.4, -0.2) is 48.1 Å². The minimum atomic E-state index is 0.475. The van der Waals surface area contributed by atoms with Crippen molar-refractivity contribution in [2.24, 2.45) is 0 Å². The van der Waals surface area contributed by atoms with Crippen LogP contribution < -0.4 is 5.32 Å². The molecular weight excluding hydrogens is 276 g/mol. The summed E-state index contributed by atoms with van der Waals surface area (Å²) >= 11 is 1.99. The van der Waals surface area contributed by atoms with Crippen LogP contribution in [0.15, 0.2) is 0 Å². The molecule has 0 radical (unpaired) electrons. The van der Waals surface area contributed by atoms with E-state index >= 15 is 0 Å². The standard InChI is InChI=1S/C18H36N2S/c1-3-17-15-19-18(11-7-6-8-12-18)16-20(17)13-9-4-5-10-14-21-2/h17,19H,3-16H2,1-2H3. The summed E-state index contributed by atoms with van der Waals surface area (Å²) in [7, 11) is 0. The number of nitrogens with one attached hydrogen (secondary N) is 1. The van der Waals surface area contributed by atoms with Crippen LogP contribution in [0.3, 0.4) is 0 Å². The Labute approximate surface area is 136 Å². The second kappa shape index (κ2) is 9.42. The highest BCUT2D eigenvalue weighted by atomic mass is 32.2. The number of unbranched alkanes of at least 4 members (excludes halogenated alkanes) is 3. The van der Waals surface area contributed by atoms with E-state index in [4.69, 9.17) is 0 Å². The second-order valence-electron chi connectivity index (χ2n) is 7.16. The molecule has 2 nitrogen and oxygen atoms in total. The molecule has 1 spiro atoms. The molecule has 2 rings (SSSR count). The molecule has 124 valence electrons. The van der Waals surface area contributed by atoms with E-state index in [0.29, 0.717) is 5.54 Å². The van der Waals surface area contributed by atoms with Crippen LogP contribution in [0.4, 0.5) is 0 Å². The topological polar surface area (TPSA) is 15.3 Å². The summed E-state index contributed by atoms with van der Waals surface area (Å²) in [5, 5.41) is 3.94. The molecule has 2 aliphatic rings. The number of piperazine rings is 1. The van der Waals surface area contributed by atoms with Crippen LogP contribution in [0.5, 0.6) is 0 Å². The van der Waals surface area contributed by atoms with E-state index in [1.54, 1.807) is 0 Å². The summed E-state index contributed by atoms with van der Waals surface area (Å²) in [6, 6.07) is 0.781. The number of hydrogen-bond donors (Lipinski definition) is 1. The van der Waals surface area contributed by atoms with Gasteiger partial charge >= 0.3 is 0 Å². The van der Waals surface area contributed by atoms with Crippen molar-refractivity contribution in [2.45, 2.75) is 82.7 Å². The van der Waals surface area contributed by atoms with Crippen molar-refractivity contribution in [1.82, 2.24) is 10.2 Å². The predicted molar refractivity (Wildman–Crippen MR) is 96.3 cm³/mol. The van der Waals surface area contributed by atoms with Crippen molar-refractivity contribution < 1.29 is 0 Å². The van der Waals surface area contributed by atoms with Gasteiger partial charge in [-0.15, -0.1) is 0 Å². The molecule has 1 heterocycles. The van der Waals surface area contributed by atoms with Crippen molar-refractivity contribution in [3.8, 4) is 0 Å². The van der Waals surface area contributed by atoms with E-state index < -0.39 is 0 Å². The van der Waals surface area contributed by atoms with Gasteiger partial charge in [0, 0.05) is 24.7 Å². The fourth-order valence-electron chi connectivity index (χ4n) is 4.18.